The maximum absolute atomic E-state index is 13.8. The number of nitrogens with zero attached hydrogens (tertiary/aromatic N) is 2. The van der Waals surface area contributed by atoms with Gasteiger partial charge in [0.1, 0.15) is 14.9 Å². The number of carboxylic acid groups (broad SMARTS) is 1. The Labute approximate surface area is 304 Å². The minimum atomic E-state index is -1.61. The SMILES string of the molecule is COc1ccc([C@H](Cc2c(Cl)c[n+]([O-])cc2Cl)c2cc(CNC(CO)(C(=O)OC[C@@H]3CCN(C)C3)c3ccccc3)sc2C(=O)O)cc1OC. The largest absolute Gasteiger partial charge is 0.619 e. The molecule has 1 aliphatic rings. The number of carboxylic acids is 1. The van der Waals surface area contributed by atoms with Crippen LogP contribution in [0.4, 0.5) is 0 Å². The van der Waals surface area contributed by atoms with E-state index in [1.807, 2.05) is 13.1 Å². The Hall–Kier alpha value is -3.91. The van der Waals surface area contributed by atoms with Gasteiger partial charge >= 0.3 is 11.9 Å². The number of benzene rings is 2. The Morgan fingerprint density at radius 1 is 1.10 bits per heavy atom. The number of aromatic carboxylic acids is 1. The van der Waals surface area contributed by atoms with Gasteiger partial charge in [-0.2, -0.15) is 4.73 Å². The molecular weight excluding hydrogens is 705 g/mol. The molecule has 4 aromatic rings. The number of thiophene rings is 1. The molecule has 0 radical (unpaired) electrons. The van der Waals surface area contributed by atoms with E-state index in [1.165, 1.54) is 26.6 Å². The number of nitrogens with one attached hydrogen (secondary N) is 1. The molecule has 1 aliphatic heterocycles. The van der Waals surface area contributed by atoms with Crippen molar-refractivity contribution in [2.24, 2.45) is 5.92 Å². The van der Waals surface area contributed by atoms with E-state index in [1.54, 1.807) is 48.5 Å². The van der Waals surface area contributed by atoms with Crippen LogP contribution in [-0.4, -0.2) is 74.6 Å². The lowest BCUT2D eigenvalue weighted by molar-refractivity contribution is -0.605. The maximum Gasteiger partial charge on any atom is 0.346 e. The van der Waals surface area contributed by atoms with Gasteiger partial charge in [0.15, 0.2) is 29.4 Å². The van der Waals surface area contributed by atoms with Crippen molar-refractivity contribution in [3.63, 3.8) is 0 Å². The lowest BCUT2D eigenvalue weighted by Gasteiger charge is -2.31. The summed E-state index contributed by atoms with van der Waals surface area (Å²) in [5.74, 6) is -1.28. The van der Waals surface area contributed by atoms with Crippen LogP contribution >= 0.6 is 34.5 Å². The fraction of sp³-hybridized carbons (Fsp3) is 0.361. The molecule has 1 unspecified atom stereocenters. The van der Waals surface area contributed by atoms with Crippen molar-refractivity contribution in [1.82, 2.24) is 10.2 Å². The molecular formula is C36H39Cl2N3O8S. The van der Waals surface area contributed by atoms with Crippen molar-refractivity contribution in [2.45, 2.75) is 30.8 Å². The Morgan fingerprint density at radius 2 is 1.80 bits per heavy atom. The molecule has 1 fully saturated rings. The first-order valence-corrected chi connectivity index (χ1v) is 17.5. The summed E-state index contributed by atoms with van der Waals surface area (Å²) < 4.78 is 17.3. The standard InChI is InChI=1S/C36H39Cl2N3O8S/c1-40-12-11-22(17-40)20-49-35(45)36(21-42,24-7-5-4-6-8-24)39-16-25-14-27(33(50-25)34(43)44)26(15-28-29(37)18-41(46)19-30(28)38)23-9-10-31(47-2)32(13-23)48-3/h4-10,13-14,18-19,22,26,39,42H,11-12,15-17,20-21H2,1-3H3,(H,43,44)/t22-,26+,36?/m1/s1. The Bertz CT molecular complexity index is 1800. The molecule has 0 amide bonds. The van der Waals surface area contributed by atoms with E-state index in [-0.39, 0.29) is 40.4 Å². The van der Waals surface area contributed by atoms with Crippen molar-refractivity contribution in [2.75, 3.05) is 47.6 Å². The molecule has 3 heterocycles. The van der Waals surface area contributed by atoms with Gasteiger partial charge in [-0.1, -0.05) is 59.6 Å². The zero-order valence-corrected chi connectivity index (χ0v) is 30.2. The molecule has 0 spiro atoms. The number of likely N-dealkylation sites (tertiary alicyclic amines) is 1. The van der Waals surface area contributed by atoms with Gasteiger partial charge in [0.2, 0.25) is 0 Å². The van der Waals surface area contributed by atoms with E-state index in [2.05, 4.69) is 10.2 Å². The Kier molecular flexibility index (Phi) is 12.3. The highest BCUT2D eigenvalue weighted by molar-refractivity contribution is 7.14. The topological polar surface area (TPSA) is 144 Å². The van der Waals surface area contributed by atoms with Gasteiger partial charge in [-0.3, -0.25) is 5.32 Å². The predicted molar refractivity (Wildman–Crippen MR) is 190 cm³/mol. The minimum absolute atomic E-state index is 0.0311. The summed E-state index contributed by atoms with van der Waals surface area (Å²) in [6, 6.07) is 15.9. The van der Waals surface area contributed by atoms with Crippen LogP contribution in [0.2, 0.25) is 10.0 Å². The van der Waals surface area contributed by atoms with Gasteiger partial charge in [-0.05, 0) is 61.3 Å². The molecule has 50 heavy (non-hydrogen) atoms. The number of carbonyl (C=O) groups excluding carboxylic acids is 1. The smallest absolute Gasteiger partial charge is 0.346 e. The van der Waals surface area contributed by atoms with Crippen molar-refractivity contribution >= 4 is 46.5 Å². The van der Waals surface area contributed by atoms with E-state index in [0.717, 1.165) is 30.8 Å². The van der Waals surface area contributed by atoms with Crippen molar-refractivity contribution < 1.29 is 38.7 Å². The molecule has 266 valence electrons. The molecule has 2 aromatic carbocycles. The van der Waals surface area contributed by atoms with E-state index < -0.39 is 30.0 Å². The maximum atomic E-state index is 13.8. The third-order valence-electron chi connectivity index (χ3n) is 9.01. The summed E-state index contributed by atoms with van der Waals surface area (Å²) in [6.07, 6.45) is 3.43. The number of hydrogen-bond donors (Lipinski definition) is 3. The van der Waals surface area contributed by atoms with Gasteiger partial charge in [0, 0.05) is 35.4 Å². The predicted octanol–water partition coefficient (Wildman–Crippen LogP) is 5.25. The molecule has 3 N–H and O–H groups in total. The van der Waals surface area contributed by atoms with Crippen LogP contribution in [0, 0.1) is 11.1 Å². The number of pyridine rings is 1. The molecule has 1 saturated heterocycles. The Morgan fingerprint density at radius 3 is 2.40 bits per heavy atom. The summed E-state index contributed by atoms with van der Waals surface area (Å²) in [5, 5.41) is 36.7. The average Bonchev–Trinajstić information content (AvgIpc) is 3.73. The van der Waals surface area contributed by atoms with Crippen LogP contribution < -0.4 is 19.5 Å². The number of aliphatic hydroxyl groups excluding tert-OH is 1. The van der Waals surface area contributed by atoms with Crippen molar-refractivity contribution in [3.05, 3.63) is 114 Å². The quantitative estimate of drug-likeness (QED) is 0.0839. The van der Waals surface area contributed by atoms with Crippen LogP contribution in [0.1, 0.15) is 49.1 Å². The molecule has 0 saturated carbocycles. The summed E-state index contributed by atoms with van der Waals surface area (Å²) in [6.45, 7) is 1.39. The Balaban J connectivity index is 1.53. The summed E-state index contributed by atoms with van der Waals surface area (Å²) >= 11 is 14.0. The fourth-order valence-corrected chi connectivity index (χ4v) is 7.92. The second kappa shape index (κ2) is 16.4. The lowest BCUT2D eigenvalue weighted by atomic mass is 9.85. The van der Waals surface area contributed by atoms with E-state index in [9.17, 15) is 25.0 Å². The zero-order chi connectivity index (χ0) is 36.0. The number of hydrogen-bond acceptors (Lipinski definition) is 10. The summed E-state index contributed by atoms with van der Waals surface area (Å²) in [4.78, 5) is 29.4. The number of rotatable bonds is 15. The normalized spacial score (nSPS) is 16.5. The minimum Gasteiger partial charge on any atom is -0.619 e. The first kappa shape index (κ1) is 37.3. The van der Waals surface area contributed by atoms with Crippen molar-refractivity contribution in [1.29, 1.82) is 0 Å². The molecule has 5 rings (SSSR count). The van der Waals surface area contributed by atoms with E-state index in [4.69, 9.17) is 37.4 Å². The van der Waals surface area contributed by atoms with Gasteiger partial charge in [-0.25, -0.2) is 9.59 Å². The van der Waals surface area contributed by atoms with E-state index in [0.29, 0.717) is 43.4 Å². The van der Waals surface area contributed by atoms with Gasteiger partial charge in [-0.15, -0.1) is 11.3 Å². The molecule has 11 nitrogen and oxygen atoms in total. The van der Waals surface area contributed by atoms with Gasteiger partial charge < -0.3 is 34.5 Å². The highest BCUT2D eigenvalue weighted by Gasteiger charge is 2.42. The number of ether oxygens (including phenoxy) is 3. The third kappa shape index (κ3) is 8.17. The first-order valence-electron chi connectivity index (χ1n) is 15.9. The zero-order valence-electron chi connectivity index (χ0n) is 27.9. The molecule has 3 atom stereocenters. The molecule has 2 aromatic heterocycles. The fourth-order valence-electron chi connectivity index (χ4n) is 6.32. The lowest BCUT2D eigenvalue weighted by Crippen LogP contribution is -2.53. The number of methoxy groups -OCH3 is 2. The number of aromatic nitrogens is 1. The molecule has 14 heteroatoms. The van der Waals surface area contributed by atoms with Crippen LogP contribution in [0.25, 0.3) is 0 Å². The highest BCUT2D eigenvalue weighted by atomic mass is 35.5. The number of carbonyl (C=O) groups is 2. The molecule has 0 aliphatic carbocycles. The third-order valence-corrected chi connectivity index (χ3v) is 10.8. The van der Waals surface area contributed by atoms with Gasteiger partial charge in [0.25, 0.3) is 0 Å². The number of halogens is 2. The first-order chi connectivity index (χ1) is 24.0. The van der Waals surface area contributed by atoms with Crippen LogP contribution in [-0.2, 0) is 28.0 Å². The summed E-state index contributed by atoms with van der Waals surface area (Å²) in [7, 11) is 5.04. The highest BCUT2D eigenvalue weighted by Crippen LogP contribution is 2.41. The van der Waals surface area contributed by atoms with E-state index >= 15 is 0 Å². The number of esters is 1. The monoisotopic (exact) mass is 743 g/mol. The van der Waals surface area contributed by atoms with Crippen LogP contribution in [0.3, 0.4) is 0 Å². The number of aliphatic hydroxyl groups is 1. The summed E-state index contributed by atoms with van der Waals surface area (Å²) in [5.41, 5.74) is 0.504. The van der Waals surface area contributed by atoms with Crippen LogP contribution in [0.5, 0.6) is 11.5 Å². The van der Waals surface area contributed by atoms with Gasteiger partial charge in [0.05, 0.1) is 27.4 Å². The second-order valence-corrected chi connectivity index (χ2v) is 14.2. The average molecular weight is 745 g/mol. The van der Waals surface area contributed by atoms with Crippen LogP contribution in [0.15, 0.2) is 67.0 Å². The van der Waals surface area contributed by atoms with Crippen molar-refractivity contribution in [3.8, 4) is 11.5 Å². The molecule has 0 bridgehead atoms. The second-order valence-electron chi connectivity index (χ2n) is 12.3.